The van der Waals surface area contributed by atoms with Gasteiger partial charge in [-0.15, -0.1) is 0 Å². The first-order valence-corrected chi connectivity index (χ1v) is 6.60. The molecule has 106 valence electrons. The SMILES string of the molecule is CNc1nc(NCCOC2CCCC2)c(F)cc1F. The number of nitrogens with zero attached hydrogens (tertiary/aromatic N) is 1. The molecule has 1 aliphatic carbocycles. The summed E-state index contributed by atoms with van der Waals surface area (Å²) in [7, 11) is 1.54. The summed E-state index contributed by atoms with van der Waals surface area (Å²) >= 11 is 0. The molecule has 0 spiro atoms. The molecule has 1 aromatic heterocycles. The molecule has 0 aromatic carbocycles. The maximum atomic E-state index is 13.5. The second-order valence-electron chi connectivity index (χ2n) is 4.60. The maximum Gasteiger partial charge on any atom is 0.168 e. The number of anilines is 2. The highest BCUT2D eigenvalue weighted by Crippen LogP contribution is 2.21. The Bertz CT molecular complexity index is 423. The lowest BCUT2D eigenvalue weighted by Crippen LogP contribution is -2.17. The van der Waals surface area contributed by atoms with Crippen molar-refractivity contribution >= 4 is 11.6 Å². The lowest BCUT2D eigenvalue weighted by atomic mass is 10.3. The molecule has 1 fully saturated rings. The quantitative estimate of drug-likeness (QED) is 0.781. The van der Waals surface area contributed by atoms with Gasteiger partial charge >= 0.3 is 0 Å². The number of pyridine rings is 1. The van der Waals surface area contributed by atoms with Crippen LogP contribution in [-0.2, 0) is 4.74 Å². The van der Waals surface area contributed by atoms with E-state index in [0.29, 0.717) is 19.3 Å². The van der Waals surface area contributed by atoms with Crippen molar-refractivity contribution < 1.29 is 13.5 Å². The van der Waals surface area contributed by atoms with Crippen LogP contribution >= 0.6 is 0 Å². The largest absolute Gasteiger partial charge is 0.376 e. The van der Waals surface area contributed by atoms with Crippen molar-refractivity contribution in [3.8, 4) is 0 Å². The fourth-order valence-electron chi connectivity index (χ4n) is 2.22. The molecule has 0 unspecified atom stereocenters. The zero-order chi connectivity index (χ0) is 13.7. The molecule has 2 N–H and O–H groups in total. The first-order valence-electron chi connectivity index (χ1n) is 6.60. The van der Waals surface area contributed by atoms with Crippen LogP contribution in [0, 0.1) is 11.6 Å². The van der Waals surface area contributed by atoms with Gasteiger partial charge in [0.15, 0.2) is 23.3 Å². The highest BCUT2D eigenvalue weighted by Gasteiger charge is 2.15. The average molecular weight is 271 g/mol. The molecule has 0 aliphatic heterocycles. The van der Waals surface area contributed by atoms with Gasteiger partial charge in [-0.05, 0) is 12.8 Å². The minimum Gasteiger partial charge on any atom is -0.376 e. The smallest absolute Gasteiger partial charge is 0.168 e. The Morgan fingerprint density at radius 2 is 1.95 bits per heavy atom. The van der Waals surface area contributed by atoms with Crippen LogP contribution in [-0.4, -0.2) is 31.3 Å². The minimum atomic E-state index is -0.701. The summed E-state index contributed by atoms with van der Waals surface area (Å²) in [4.78, 5) is 3.83. The molecule has 1 saturated carbocycles. The maximum absolute atomic E-state index is 13.5. The van der Waals surface area contributed by atoms with E-state index in [9.17, 15) is 8.78 Å². The predicted octanol–water partition coefficient (Wildman–Crippen LogP) is 2.77. The molecule has 1 aliphatic rings. The van der Waals surface area contributed by atoms with Crippen molar-refractivity contribution in [2.75, 3.05) is 30.8 Å². The van der Waals surface area contributed by atoms with Gasteiger partial charge in [-0.25, -0.2) is 13.8 Å². The molecule has 6 heteroatoms. The van der Waals surface area contributed by atoms with Crippen LogP contribution in [0.25, 0.3) is 0 Å². The normalized spacial score (nSPS) is 15.7. The summed E-state index contributed by atoms with van der Waals surface area (Å²) in [5, 5.41) is 5.40. The zero-order valence-corrected chi connectivity index (χ0v) is 11.0. The fraction of sp³-hybridized carbons (Fsp3) is 0.615. The molecule has 1 heterocycles. The monoisotopic (exact) mass is 271 g/mol. The van der Waals surface area contributed by atoms with Gasteiger partial charge in [0.2, 0.25) is 0 Å². The van der Waals surface area contributed by atoms with Gasteiger partial charge in [-0.2, -0.15) is 0 Å². The molecular weight excluding hydrogens is 252 g/mol. The van der Waals surface area contributed by atoms with Gasteiger partial charge in [-0.1, -0.05) is 12.8 Å². The molecule has 19 heavy (non-hydrogen) atoms. The topological polar surface area (TPSA) is 46.2 Å². The molecule has 0 atom stereocenters. The third-order valence-electron chi connectivity index (χ3n) is 3.22. The van der Waals surface area contributed by atoms with Crippen LogP contribution < -0.4 is 10.6 Å². The van der Waals surface area contributed by atoms with Crippen molar-refractivity contribution in [2.45, 2.75) is 31.8 Å². The minimum absolute atomic E-state index is 0.0283. The van der Waals surface area contributed by atoms with E-state index in [1.807, 2.05) is 0 Å². The van der Waals surface area contributed by atoms with Crippen LogP contribution in [0.5, 0.6) is 0 Å². The second-order valence-corrected chi connectivity index (χ2v) is 4.60. The Kier molecular flexibility index (Phi) is 4.90. The molecule has 0 radical (unpaired) electrons. The van der Waals surface area contributed by atoms with Gasteiger partial charge in [0.1, 0.15) is 0 Å². The number of nitrogens with one attached hydrogen (secondary N) is 2. The first-order chi connectivity index (χ1) is 9.20. The summed E-state index contributed by atoms with van der Waals surface area (Å²) in [6, 6.07) is 0.818. The van der Waals surface area contributed by atoms with Crippen LogP contribution in [0.15, 0.2) is 6.07 Å². The van der Waals surface area contributed by atoms with Crippen molar-refractivity contribution in [1.82, 2.24) is 4.98 Å². The van der Waals surface area contributed by atoms with Crippen molar-refractivity contribution in [3.05, 3.63) is 17.7 Å². The molecule has 0 bridgehead atoms. The lowest BCUT2D eigenvalue weighted by Gasteiger charge is -2.12. The Labute approximate surface area is 111 Å². The number of halogens is 2. The van der Waals surface area contributed by atoms with Gasteiger partial charge in [0, 0.05) is 19.7 Å². The highest BCUT2D eigenvalue weighted by molar-refractivity contribution is 5.47. The van der Waals surface area contributed by atoms with E-state index in [-0.39, 0.29) is 11.6 Å². The third-order valence-corrected chi connectivity index (χ3v) is 3.22. The van der Waals surface area contributed by atoms with Crippen LogP contribution in [0.2, 0.25) is 0 Å². The Morgan fingerprint density at radius 1 is 1.26 bits per heavy atom. The summed E-state index contributed by atoms with van der Waals surface area (Å²) in [6.45, 7) is 0.952. The Morgan fingerprint density at radius 3 is 2.63 bits per heavy atom. The lowest BCUT2D eigenvalue weighted by molar-refractivity contribution is 0.0658. The molecule has 0 amide bonds. The summed E-state index contributed by atoms with van der Waals surface area (Å²) in [6.07, 6.45) is 4.98. The van der Waals surface area contributed by atoms with E-state index in [0.717, 1.165) is 18.9 Å². The number of aromatic nitrogens is 1. The first kappa shape index (κ1) is 14.0. The third kappa shape index (κ3) is 3.76. The van der Waals surface area contributed by atoms with E-state index in [2.05, 4.69) is 15.6 Å². The Hall–Kier alpha value is -1.43. The molecule has 4 nitrogen and oxygen atoms in total. The van der Waals surface area contributed by atoms with Gasteiger partial charge in [0.25, 0.3) is 0 Å². The summed E-state index contributed by atoms with van der Waals surface area (Å²) in [5.41, 5.74) is 0. The number of rotatable bonds is 6. The number of hydrogen-bond acceptors (Lipinski definition) is 4. The fourth-order valence-corrected chi connectivity index (χ4v) is 2.22. The van der Waals surface area contributed by atoms with E-state index < -0.39 is 11.6 Å². The average Bonchev–Trinajstić information content (AvgIpc) is 2.90. The van der Waals surface area contributed by atoms with E-state index in [1.165, 1.54) is 19.9 Å². The molecule has 2 rings (SSSR count). The van der Waals surface area contributed by atoms with Gasteiger partial charge in [0.05, 0.1) is 12.7 Å². The van der Waals surface area contributed by atoms with Gasteiger partial charge < -0.3 is 15.4 Å². The zero-order valence-electron chi connectivity index (χ0n) is 11.0. The van der Waals surface area contributed by atoms with Crippen molar-refractivity contribution in [1.29, 1.82) is 0 Å². The van der Waals surface area contributed by atoms with E-state index in [4.69, 9.17) is 4.74 Å². The molecular formula is C13H19F2N3O. The highest BCUT2D eigenvalue weighted by atomic mass is 19.1. The molecule has 0 saturated heterocycles. The second kappa shape index (κ2) is 6.65. The summed E-state index contributed by atoms with van der Waals surface area (Å²) < 4.78 is 32.3. The summed E-state index contributed by atoms with van der Waals surface area (Å²) in [5.74, 6) is -1.33. The van der Waals surface area contributed by atoms with Crippen molar-refractivity contribution in [2.24, 2.45) is 0 Å². The van der Waals surface area contributed by atoms with E-state index >= 15 is 0 Å². The van der Waals surface area contributed by atoms with Crippen LogP contribution in [0.1, 0.15) is 25.7 Å². The standard InChI is InChI=1S/C13H19F2N3O/c1-16-12-10(14)8-11(15)13(18-12)17-6-7-19-9-4-2-3-5-9/h8-9H,2-7H2,1H3,(H2,16,17,18). The molecule has 1 aromatic rings. The van der Waals surface area contributed by atoms with Crippen molar-refractivity contribution in [3.63, 3.8) is 0 Å². The Balaban J connectivity index is 1.81. The number of hydrogen-bond donors (Lipinski definition) is 2. The van der Waals surface area contributed by atoms with Crippen LogP contribution in [0.4, 0.5) is 20.4 Å². The van der Waals surface area contributed by atoms with Crippen LogP contribution in [0.3, 0.4) is 0 Å². The van der Waals surface area contributed by atoms with Gasteiger partial charge in [-0.3, -0.25) is 0 Å². The number of ether oxygens (including phenoxy) is 1. The van der Waals surface area contributed by atoms with E-state index in [1.54, 1.807) is 0 Å². The predicted molar refractivity (Wildman–Crippen MR) is 70.4 cm³/mol.